The molecule has 6 N–H and O–H groups in total. The van der Waals surface area contributed by atoms with Gasteiger partial charge >= 0.3 is 0 Å². The summed E-state index contributed by atoms with van der Waals surface area (Å²) in [5.41, 5.74) is 12.7. The molecule has 1 aromatic carbocycles. The summed E-state index contributed by atoms with van der Waals surface area (Å²) >= 11 is 6.28. The van der Waals surface area contributed by atoms with Gasteiger partial charge in [0, 0.05) is 11.8 Å². The normalized spacial score (nSPS) is 11.3. The Morgan fingerprint density at radius 3 is 2.56 bits per heavy atom. The molecule has 9 nitrogen and oxygen atoms in total. The zero-order valence-electron chi connectivity index (χ0n) is 14.3. The second-order valence-corrected chi connectivity index (χ2v) is 5.61. The Bertz CT molecular complexity index is 987. The van der Waals surface area contributed by atoms with Gasteiger partial charge in [0.05, 0.1) is 7.11 Å². The quantitative estimate of drug-likeness (QED) is 0.199. The predicted molar refractivity (Wildman–Crippen MR) is 103 cm³/mol. The van der Waals surface area contributed by atoms with Gasteiger partial charge in [-0.25, -0.2) is 9.97 Å². The van der Waals surface area contributed by atoms with Crippen LogP contribution >= 0.6 is 11.6 Å². The van der Waals surface area contributed by atoms with Crippen LogP contribution in [0, 0.1) is 0 Å². The van der Waals surface area contributed by atoms with Gasteiger partial charge in [-0.1, -0.05) is 23.7 Å². The molecule has 3 rings (SSSR count). The number of methoxy groups -OCH3 is 1. The molecule has 0 atom stereocenters. The summed E-state index contributed by atoms with van der Waals surface area (Å²) in [6.45, 7) is 0. The largest absolute Gasteiger partial charge is 0.493 e. The monoisotopic (exact) mass is 385 g/mol. The highest BCUT2D eigenvalue weighted by Gasteiger charge is 2.17. The zero-order valence-corrected chi connectivity index (χ0v) is 15.0. The van der Waals surface area contributed by atoms with Crippen molar-refractivity contribution in [3.05, 3.63) is 53.4 Å². The number of rotatable bonds is 5. The van der Waals surface area contributed by atoms with E-state index >= 15 is 0 Å². The van der Waals surface area contributed by atoms with Gasteiger partial charge in [-0.3, -0.25) is 4.98 Å². The first kappa shape index (κ1) is 18.2. The third-order valence-electron chi connectivity index (χ3n) is 3.55. The van der Waals surface area contributed by atoms with Crippen LogP contribution in [-0.4, -0.2) is 27.9 Å². The zero-order chi connectivity index (χ0) is 19.4. The molecular weight excluding hydrogens is 370 g/mol. The van der Waals surface area contributed by atoms with Gasteiger partial charge in [0.2, 0.25) is 5.75 Å². The number of aromatic nitrogens is 3. The number of ether oxygens (including phenoxy) is 2. The average Bonchev–Trinajstić information content (AvgIpc) is 2.70. The van der Waals surface area contributed by atoms with E-state index in [0.717, 1.165) is 0 Å². The van der Waals surface area contributed by atoms with Crippen molar-refractivity contribution in [2.75, 3.05) is 12.8 Å². The molecule has 0 aliphatic heterocycles. The summed E-state index contributed by atoms with van der Waals surface area (Å²) in [5, 5.41) is 3.46. The molecule has 138 valence electrons. The van der Waals surface area contributed by atoms with Gasteiger partial charge in [-0.05, 0) is 24.3 Å². The van der Waals surface area contributed by atoms with Crippen molar-refractivity contribution < 1.29 is 9.47 Å². The summed E-state index contributed by atoms with van der Waals surface area (Å²) < 4.78 is 11.0. The van der Waals surface area contributed by atoms with Crippen LogP contribution in [-0.2, 0) is 0 Å². The van der Waals surface area contributed by atoms with Gasteiger partial charge < -0.3 is 26.8 Å². The molecule has 27 heavy (non-hydrogen) atoms. The minimum Gasteiger partial charge on any atom is -0.493 e. The lowest BCUT2D eigenvalue weighted by Crippen LogP contribution is -2.17. The van der Waals surface area contributed by atoms with Crippen LogP contribution in [0.4, 0.5) is 5.82 Å². The molecule has 0 radical (unpaired) electrons. The SMILES string of the molecule is COc1ccccc1Oc1c(N)nc(-c2ccnc(C(N)=NN)c2)nc1Cl. The summed E-state index contributed by atoms with van der Waals surface area (Å²) in [6.07, 6.45) is 1.52. The first-order valence-electron chi connectivity index (χ1n) is 7.67. The van der Waals surface area contributed by atoms with E-state index in [1.54, 1.807) is 30.3 Å². The lowest BCUT2D eigenvalue weighted by Gasteiger charge is -2.13. The number of nitrogen functional groups attached to an aromatic ring is 1. The van der Waals surface area contributed by atoms with Gasteiger partial charge in [-0.2, -0.15) is 5.10 Å². The van der Waals surface area contributed by atoms with E-state index in [0.29, 0.717) is 22.8 Å². The number of benzene rings is 1. The number of amidine groups is 1. The van der Waals surface area contributed by atoms with Gasteiger partial charge in [-0.15, -0.1) is 0 Å². The van der Waals surface area contributed by atoms with Gasteiger partial charge in [0.1, 0.15) is 5.69 Å². The fourth-order valence-corrected chi connectivity index (χ4v) is 2.47. The van der Waals surface area contributed by atoms with Crippen LogP contribution in [0.1, 0.15) is 5.69 Å². The van der Waals surface area contributed by atoms with E-state index in [9.17, 15) is 0 Å². The third-order valence-corrected chi connectivity index (χ3v) is 3.81. The fraction of sp³-hybridized carbons (Fsp3) is 0.0588. The summed E-state index contributed by atoms with van der Waals surface area (Å²) in [7, 11) is 1.53. The highest BCUT2D eigenvalue weighted by molar-refractivity contribution is 6.31. The number of pyridine rings is 1. The Morgan fingerprint density at radius 1 is 1.15 bits per heavy atom. The van der Waals surface area contributed by atoms with E-state index in [-0.39, 0.29) is 28.4 Å². The average molecular weight is 386 g/mol. The standard InChI is InChI=1S/C17H16ClN7O2/c1-26-11-4-2-3-5-12(11)27-13-14(18)23-17(24-16(13)20)9-6-7-22-10(8-9)15(19)25-21/h2-8H,21H2,1H3,(H2,19,25)(H2,20,23,24). The van der Waals surface area contributed by atoms with Crippen molar-refractivity contribution in [2.45, 2.75) is 0 Å². The van der Waals surface area contributed by atoms with Crippen LogP contribution in [0.15, 0.2) is 47.7 Å². The number of hydrogen-bond donors (Lipinski definition) is 3. The molecule has 0 aliphatic rings. The number of hydrogen-bond acceptors (Lipinski definition) is 8. The maximum absolute atomic E-state index is 6.28. The molecule has 10 heteroatoms. The molecule has 3 aromatic rings. The van der Waals surface area contributed by atoms with E-state index in [2.05, 4.69) is 20.1 Å². The number of hydrazone groups is 1. The maximum atomic E-state index is 6.28. The number of halogens is 1. The Labute approximate surface area is 159 Å². The molecule has 0 saturated carbocycles. The number of nitrogens with two attached hydrogens (primary N) is 3. The third kappa shape index (κ3) is 3.82. The minimum absolute atomic E-state index is 0.0437. The summed E-state index contributed by atoms with van der Waals surface area (Å²) in [4.78, 5) is 12.6. The van der Waals surface area contributed by atoms with Crippen molar-refractivity contribution in [1.82, 2.24) is 15.0 Å². The van der Waals surface area contributed by atoms with E-state index in [4.69, 9.17) is 38.4 Å². The molecule has 0 bridgehead atoms. The van der Waals surface area contributed by atoms with Crippen molar-refractivity contribution in [1.29, 1.82) is 0 Å². The molecule has 0 fully saturated rings. The molecule has 0 spiro atoms. The van der Waals surface area contributed by atoms with Crippen molar-refractivity contribution in [3.8, 4) is 28.6 Å². The number of para-hydroxylation sites is 2. The van der Waals surface area contributed by atoms with Crippen molar-refractivity contribution in [3.63, 3.8) is 0 Å². The highest BCUT2D eigenvalue weighted by Crippen LogP contribution is 2.37. The summed E-state index contributed by atoms with van der Waals surface area (Å²) in [6, 6.07) is 10.4. The Balaban J connectivity index is 1.98. The topological polar surface area (TPSA) is 148 Å². The van der Waals surface area contributed by atoms with Crippen molar-refractivity contribution >= 4 is 23.3 Å². The smallest absolute Gasteiger partial charge is 0.206 e. The number of nitrogens with zero attached hydrogens (tertiary/aromatic N) is 4. The molecule has 2 heterocycles. The second kappa shape index (κ2) is 7.75. The minimum atomic E-state index is 0.0437. The first-order chi connectivity index (χ1) is 13.0. The van der Waals surface area contributed by atoms with Gasteiger partial charge in [0.15, 0.2) is 34.1 Å². The van der Waals surface area contributed by atoms with Gasteiger partial charge in [0.25, 0.3) is 0 Å². The fourth-order valence-electron chi connectivity index (χ4n) is 2.25. The van der Waals surface area contributed by atoms with Crippen molar-refractivity contribution in [2.24, 2.45) is 16.7 Å². The van der Waals surface area contributed by atoms with Crippen LogP contribution in [0.2, 0.25) is 5.15 Å². The highest BCUT2D eigenvalue weighted by atomic mass is 35.5. The Morgan fingerprint density at radius 2 is 1.89 bits per heavy atom. The molecule has 0 unspecified atom stereocenters. The van der Waals surface area contributed by atoms with Crippen LogP contribution in [0.25, 0.3) is 11.4 Å². The lowest BCUT2D eigenvalue weighted by molar-refractivity contribution is 0.378. The molecule has 2 aromatic heterocycles. The first-order valence-corrected chi connectivity index (χ1v) is 8.05. The maximum Gasteiger partial charge on any atom is 0.206 e. The van der Waals surface area contributed by atoms with E-state index < -0.39 is 0 Å². The predicted octanol–water partition coefficient (Wildman–Crippen LogP) is 2.15. The Kier molecular flexibility index (Phi) is 5.23. The second-order valence-electron chi connectivity index (χ2n) is 5.25. The molecule has 0 amide bonds. The van der Waals surface area contributed by atoms with E-state index in [1.807, 2.05) is 6.07 Å². The molecule has 0 saturated heterocycles. The van der Waals surface area contributed by atoms with Crippen LogP contribution < -0.4 is 26.8 Å². The summed E-state index contributed by atoms with van der Waals surface area (Å²) in [5.74, 6) is 6.68. The van der Waals surface area contributed by atoms with Crippen LogP contribution in [0.5, 0.6) is 17.2 Å². The van der Waals surface area contributed by atoms with E-state index in [1.165, 1.54) is 13.3 Å². The van der Waals surface area contributed by atoms with Crippen LogP contribution in [0.3, 0.4) is 0 Å². The lowest BCUT2D eigenvalue weighted by atomic mass is 10.2. The molecule has 0 aliphatic carbocycles. The molecular formula is C17H16ClN7O2. The Hall–Kier alpha value is -3.59. The number of anilines is 1.